The summed E-state index contributed by atoms with van der Waals surface area (Å²) in [5.41, 5.74) is 1.92. The largest absolute Gasteiger partial charge is 0.477 e. The molecule has 1 aromatic heterocycles. The number of nitrogens with zero attached hydrogens (tertiary/aromatic N) is 5. The molecule has 2 aliphatic heterocycles. The normalized spacial score (nSPS) is 21.7. The number of aromatic nitrogens is 2. The van der Waals surface area contributed by atoms with Gasteiger partial charge in [-0.25, -0.2) is 9.97 Å². The fourth-order valence-electron chi connectivity index (χ4n) is 4.07. The molecular formula is C20H27N5O3S. The topological polar surface area (TPSA) is 78.9 Å². The summed E-state index contributed by atoms with van der Waals surface area (Å²) in [6.45, 7) is 4.37. The third-order valence-corrected chi connectivity index (χ3v) is 8.09. The van der Waals surface area contributed by atoms with Crippen molar-refractivity contribution in [3.8, 4) is 5.88 Å². The van der Waals surface area contributed by atoms with E-state index in [0.29, 0.717) is 57.7 Å². The first kappa shape index (κ1) is 19.0. The van der Waals surface area contributed by atoms with Crippen LogP contribution in [0.2, 0.25) is 0 Å². The monoisotopic (exact) mass is 417 g/mol. The Morgan fingerprint density at radius 3 is 2.41 bits per heavy atom. The highest BCUT2D eigenvalue weighted by molar-refractivity contribution is 7.86. The van der Waals surface area contributed by atoms with E-state index in [1.165, 1.54) is 12.8 Å². The van der Waals surface area contributed by atoms with Crippen LogP contribution in [0, 0.1) is 5.92 Å². The summed E-state index contributed by atoms with van der Waals surface area (Å²) in [6, 6.07) is 6.11. The average molecular weight is 418 g/mol. The van der Waals surface area contributed by atoms with Crippen molar-refractivity contribution in [2.45, 2.75) is 25.7 Å². The Kier molecular flexibility index (Phi) is 5.05. The molecule has 0 N–H and O–H groups in total. The van der Waals surface area contributed by atoms with Gasteiger partial charge in [-0.15, -0.1) is 0 Å². The van der Waals surface area contributed by atoms with Crippen LogP contribution in [-0.2, 0) is 10.2 Å². The van der Waals surface area contributed by atoms with Crippen LogP contribution in [0.15, 0.2) is 24.5 Å². The van der Waals surface area contributed by atoms with E-state index >= 15 is 0 Å². The maximum atomic E-state index is 12.8. The molecule has 0 radical (unpaired) electrons. The van der Waals surface area contributed by atoms with E-state index in [0.717, 1.165) is 29.4 Å². The molecule has 0 bridgehead atoms. The van der Waals surface area contributed by atoms with Crippen LogP contribution in [0.4, 0.5) is 5.69 Å². The first-order chi connectivity index (χ1) is 14.1. The number of hydrogen-bond acceptors (Lipinski definition) is 6. The highest BCUT2D eigenvalue weighted by Crippen LogP contribution is 2.32. The standard InChI is InChI=1S/C20H27N5O3S/c26-29(27,24-7-1-2-8-24)25-11-9-23(10-12-25)17-5-6-19-18(13-17)20(22-15-21-19)28-14-16-3-4-16/h5-6,13,15-16H,1-4,7-12,14H2. The zero-order valence-corrected chi connectivity index (χ0v) is 17.4. The summed E-state index contributed by atoms with van der Waals surface area (Å²) in [5, 5.41) is 0.915. The zero-order valence-electron chi connectivity index (χ0n) is 16.5. The van der Waals surface area contributed by atoms with Gasteiger partial charge in [-0.2, -0.15) is 17.0 Å². The van der Waals surface area contributed by atoms with Gasteiger partial charge in [0.2, 0.25) is 5.88 Å². The van der Waals surface area contributed by atoms with Gasteiger partial charge >= 0.3 is 0 Å². The Balaban J connectivity index is 1.30. The molecule has 0 atom stereocenters. The SMILES string of the molecule is O=S(=O)(N1CCCC1)N1CCN(c2ccc3ncnc(OCC4CC4)c3c2)CC1. The summed E-state index contributed by atoms with van der Waals surface area (Å²) in [5.74, 6) is 1.30. The number of hydrogen-bond donors (Lipinski definition) is 0. The molecular weight excluding hydrogens is 390 g/mol. The Morgan fingerprint density at radius 2 is 1.69 bits per heavy atom. The van der Waals surface area contributed by atoms with Crippen LogP contribution in [0.1, 0.15) is 25.7 Å². The molecule has 2 aromatic rings. The minimum absolute atomic E-state index is 0.507. The van der Waals surface area contributed by atoms with Gasteiger partial charge in [-0.05, 0) is 49.8 Å². The van der Waals surface area contributed by atoms with Crippen molar-refractivity contribution >= 4 is 26.8 Å². The summed E-state index contributed by atoms with van der Waals surface area (Å²) in [6.07, 6.45) is 5.94. The van der Waals surface area contributed by atoms with Gasteiger partial charge < -0.3 is 9.64 Å². The van der Waals surface area contributed by atoms with E-state index in [9.17, 15) is 8.42 Å². The third-order valence-electron chi connectivity index (χ3n) is 6.06. The molecule has 29 heavy (non-hydrogen) atoms. The molecule has 0 spiro atoms. The van der Waals surface area contributed by atoms with Crippen molar-refractivity contribution in [1.82, 2.24) is 18.6 Å². The average Bonchev–Trinajstić information content (AvgIpc) is 3.41. The van der Waals surface area contributed by atoms with Gasteiger partial charge in [0.1, 0.15) is 6.33 Å². The number of fused-ring (bicyclic) bond motifs is 1. The molecule has 156 valence electrons. The summed E-state index contributed by atoms with van der Waals surface area (Å²) < 4.78 is 34.8. The summed E-state index contributed by atoms with van der Waals surface area (Å²) in [4.78, 5) is 10.9. The van der Waals surface area contributed by atoms with Crippen LogP contribution in [0.25, 0.3) is 10.9 Å². The molecule has 2 saturated heterocycles. The van der Waals surface area contributed by atoms with Crippen molar-refractivity contribution in [3.05, 3.63) is 24.5 Å². The molecule has 0 amide bonds. The second-order valence-electron chi connectivity index (χ2n) is 8.13. The van der Waals surface area contributed by atoms with Gasteiger partial charge in [0.05, 0.1) is 17.5 Å². The minimum atomic E-state index is -3.32. The minimum Gasteiger partial charge on any atom is -0.477 e. The van der Waals surface area contributed by atoms with Crippen LogP contribution >= 0.6 is 0 Å². The Hall–Kier alpha value is -1.97. The van der Waals surface area contributed by atoms with E-state index in [-0.39, 0.29) is 0 Å². The highest BCUT2D eigenvalue weighted by atomic mass is 32.2. The van der Waals surface area contributed by atoms with Gasteiger partial charge in [0, 0.05) is 45.0 Å². The maximum absolute atomic E-state index is 12.8. The molecule has 8 nitrogen and oxygen atoms in total. The van der Waals surface area contributed by atoms with Crippen LogP contribution in [-0.4, -0.2) is 72.9 Å². The molecule has 3 fully saturated rings. The second kappa shape index (κ2) is 7.70. The lowest BCUT2D eigenvalue weighted by Crippen LogP contribution is -2.52. The second-order valence-corrected chi connectivity index (χ2v) is 10.1. The van der Waals surface area contributed by atoms with E-state index in [1.54, 1.807) is 14.9 Å². The lowest BCUT2D eigenvalue weighted by Gasteiger charge is -2.37. The highest BCUT2D eigenvalue weighted by Gasteiger charge is 2.33. The fourth-order valence-corrected chi connectivity index (χ4v) is 5.74. The number of piperazine rings is 1. The number of benzene rings is 1. The van der Waals surface area contributed by atoms with Gasteiger partial charge in [0.25, 0.3) is 10.2 Å². The quantitative estimate of drug-likeness (QED) is 0.714. The first-order valence-electron chi connectivity index (χ1n) is 10.5. The fraction of sp³-hybridized carbons (Fsp3) is 0.600. The van der Waals surface area contributed by atoms with Gasteiger partial charge in [-0.1, -0.05) is 0 Å². The Morgan fingerprint density at radius 1 is 0.966 bits per heavy atom. The Labute approximate surface area is 171 Å². The number of ether oxygens (including phenoxy) is 1. The molecule has 9 heteroatoms. The Bertz CT molecular complexity index is 981. The lowest BCUT2D eigenvalue weighted by atomic mass is 10.2. The van der Waals surface area contributed by atoms with Crippen molar-refractivity contribution in [3.63, 3.8) is 0 Å². The van der Waals surface area contributed by atoms with E-state index < -0.39 is 10.2 Å². The van der Waals surface area contributed by atoms with Gasteiger partial charge in [-0.3, -0.25) is 0 Å². The predicted molar refractivity (Wildman–Crippen MR) is 111 cm³/mol. The third kappa shape index (κ3) is 3.91. The molecule has 3 heterocycles. The van der Waals surface area contributed by atoms with Crippen molar-refractivity contribution in [2.24, 2.45) is 5.92 Å². The molecule has 1 aromatic carbocycles. The van der Waals surface area contributed by atoms with Crippen LogP contribution in [0.3, 0.4) is 0 Å². The van der Waals surface area contributed by atoms with Crippen molar-refractivity contribution in [2.75, 3.05) is 50.8 Å². The molecule has 1 saturated carbocycles. The maximum Gasteiger partial charge on any atom is 0.282 e. The lowest BCUT2D eigenvalue weighted by molar-refractivity contribution is 0.292. The van der Waals surface area contributed by atoms with E-state index in [1.807, 2.05) is 12.1 Å². The molecule has 1 aliphatic carbocycles. The van der Waals surface area contributed by atoms with E-state index in [4.69, 9.17) is 4.74 Å². The zero-order chi connectivity index (χ0) is 19.8. The predicted octanol–water partition coefficient (Wildman–Crippen LogP) is 1.88. The van der Waals surface area contributed by atoms with Crippen LogP contribution < -0.4 is 9.64 Å². The van der Waals surface area contributed by atoms with Gasteiger partial charge in [0.15, 0.2) is 0 Å². The number of rotatable bonds is 6. The molecule has 3 aliphatic rings. The number of anilines is 1. The van der Waals surface area contributed by atoms with Crippen molar-refractivity contribution < 1.29 is 13.2 Å². The van der Waals surface area contributed by atoms with E-state index in [2.05, 4.69) is 20.9 Å². The summed E-state index contributed by atoms with van der Waals surface area (Å²) in [7, 11) is -3.32. The van der Waals surface area contributed by atoms with Crippen molar-refractivity contribution in [1.29, 1.82) is 0 Å². The smallest absolute Gasteiger partial charge is 0.282 e. The summed E-state index contributed by atoms with van der Waals surface area (Å²) >= 11 is 0. The van der Waals surface area contributed by atoms with Crippen LogP contribution in [0.5, 0.6) is 5.88 Å². The first-order valence-corrected chi connectivity index (χ1v) is 11.9. The molecule has 0 unspecified atom stereocenters. The molecule has 5 rings (SSSR count).